The number of furan rings is 1. The molecule has 2 aromatic rings. The zero-order chi connectivity index (χ0) is 33.1. The van der Waals surface area contributed by atoms with Crippen molar-refractivity contribution in [1.82, 2.24) is 15.1 Å². The number of carbonyl (C=O) groups excluding carboxylic acids is 2. The summed E-state index contributed by atoms with van der Waals surface area (Å²) in [6, 6.07) is 6.10. The number of amides is 2. The number of nitrogens with one attached hydrogen (secondary N) is 1. The summed E-state index contributed by atoms with van der Waals surface area (Å²) in [5, 5.41) is 3.10. The summed E-state index contributed by atoms with van der Waals surface area (Å²) in [6.45, 7) is 3.98. The Balaban J connectivity index is 1.26. The highest BCUT2D eigenvalue weighted by atomic mass is 19.4. The molecule has 6 nitrogen and oxygen atoms in total. The highest BCUT2D eigenvalue weighted by molar-refractivity contribution is 6.00. The summed E-state index contributed by atoms with van der Waals surface area (Å²) in [4.78, 5) is 31.4. The van der Waals surface area contributed by atoms with Gasteiger partial charge >= 0.3 is 12.4 Å². The van der Waals surface area contributed by atoms with Gasteiger partial charge in [-0.25, -0.2) is 0 Å². The third kappa shape index (κ3) is 8.46. The van der Waals surface area contributed by atoms with Crippen LogP contribution in [0.1, 0.15) is 88.0 Å². The predicted molar refractivity (Wildman–Crippen MR) is 161 cm³/mol. The van der Waals surface area contributed by atoms with Crippen molar-refractivity contribution in [1.29, 1.82) is 0 Å². The lowest BCUT2D eigenvalue weighted by atomic mass is 9.79. The molecule has 1 aromatic carbocycles. The van der Waals surface area contributed by atoms with Gasteiger partial charge in [-0.15, -0.1) is 0 Å². The van der Waals surface area contributed by atoms with E-state index in [-0.39, 0.29) is 34.3 Å². The average molecular weight is 656 g/mol. The second-order valence-corrected chi connectivity index (χ2v) is 13.3. The van der Waals surface area contributed by atoms with Gasteiger partial charge in [0.05, 0.1) is 19.4 Å². The first-order valence-electron chi connectivity index (χ1n) is 16.4. The van der Waals surface area contributed by atoms with Crippen molar-refractivity contribution in [3.63, 3.8) is 0 Å². The molecule has 2 saturated heterocycles. The largest absolute Gasteiger partial charge is 0.460 e. The van der Waals surface area contributed by atoms with Gasteiger partial charge in [-0.3, -0.25) is 14.5 Å². The number of carbonyl (C=O) groups is 2. The van der Waals surface area contributed by atoms with Crippen molar-refractivity contribution in [3.8, 4) is 11.3 Å². The normalized spacial score (nSPS) is 21.6. The summed E-state index contributed by atoms with van der Waals surface area (Å²) in [5.41, 5.74) is -1.29. The molecule has 2 amide bonds. The molecule has 0 bridgehead atoms. The van der Waals surface area contributed by atoms with Gasteiger partial charge in [0.1, 0.15) is 23.1 Å². The summed E-state index contributed by atoms with van der Waals surface area (Å²) >= 11 is 0. The summed E-state index contributed by atoms with van der Waals surface area (Å²) in [7, 11) is 0. The maximum absolute atomic E-state index is 13.8. The van der Waals surface area contributed by atoms with Crippen LogP contribution in [-0.4, -0.2) is 65.2 Å². The number of rotatable bonds is 10. The number of hydrogen-bond acceptors (Lipinski definition) is 4. The maximum Gasteiger partial charge on any atom is 0.393 e. The van der Waals surface area contributed by atoms with Crippen molar-refractivity contribution in [2.45, 2.75) is 114 Å². The van der Waals surface area contributed by atoms with Gasteiger partial charge < -0.3 is 14.6 Å². The first-order chi connectivity index (χ1) is 21.7. The Kier molecular flexibility index (Phi) is 10.4. The molecule has 1 unspecified atom stereocenters. The van der Waals surface area contributed by atoms with E-state index in [4.69, 9.17) is 4.42 Å². The van der Waals surface area contributed by atoms with E-state index in [1.165, 1.54) is 31.4 Å². The van der Waals surface area contributed by atoms with Crippen molar-refractivity contribution in [2.24, 2.45) is 5.92 Å². The number of hydrogen-bond donors (Lipinski definition) is 1. The van der Waals surface area contributed by atoms with Gasteiger partial charge in [0.2, 0.25) is 11.8 Å². The minimum absolute atomic E-state index is 0.0143. The third-order valence-electron chi connectivity index (χ3n) is 9.71. The van der Waals surface area contributed by atoms with Crippen LogP contribution in [0, 0.1) is 5.92 Å². The maximum atomic E-state index is 13.8. The molecule has 2 aliphatic heterocycles. The molecule has 3 fully saturated rings. The van der Waals surface area contributed by atoms with Crippen LogP contribution in [0.5, 0.6) is 0 Å². The van der Waals surface area contributed by atoms with Gasteiger partial charge in [0.25, 0.3) is 0 Å². The van der Waals surface area contributed by atoms with E-state index in [1.54, 1.807) is 12.1 Å². The molecule has 1 N–H and O–H groups in total. The zero-order valence-corrected chi connectivity index (χ0v) is 26.2. The zero-order valence-electron chi connectivity index (χ0n) is 26.2. The van der Waals surface area contributed by atoms with Crippen LogP contribution in [0.15, 0.2) is 34.7 Å². The smallest absolute Gasteiger partial charge is 0.393 e. The molecule has 46 heavy (non-hydrogen) atoms. The van der Waals surface area contributed by atoms with Gasteiger partial charge in [0.15, 0.2) is 0 Å². The Morgan fingerprint density at radius 3 is 2.13 bits per heavy atom. The Hall–Kier alpha value is -3.02. The quantitative estimate of drug-likeness (QED) is 0.268. The molecule has 0 radical (unpaired) electrons. The van der Waals surface area contributed by atoms with E-state index in [0.717, 1.165) is 31.7 Å². The number of nitrogens with zero attached hydrogens (tertiary/aromatic N) is 2. The first kappa shape index (κ1) is 34.3. The lowest BCUT2D eigenvalue weighted by Crippen LogP contribution is -2.73. The molecule has 1 spiro atoms. The molecule has 12 heteroatoms. The number of piperazine rings is 1. The van der Waals surface area contributed by atoms with Crippen LogP contribution in [0.2, 0.25) is 0 Å². The molecule has 1 aromatic heterocycles. The van der Waals surface area contributed by atoms with E-state index >= 15 is 0 Å². The standard InChI is InChI=1S/C34H43F6N3O3/c1-2-3-13-43-30(44)28(19-23-7-5-4-6-8-23)41-31(45)32(43)11-14-42(15-12-32)22-27-9-10-29(46-27)26-17-24(20-33(35,36)37)16-25(18-26)21-34(38,39)40/h9-10,16-18,23,28H,2-8,11-15,19-22H2,1H3,(H,41,45). The van der Waals surface area contributed by atoms with Crippen LogP contribution < -0.4 is 5.32 Å². The molecule has 1 saturated carbocycles. The lowest BCUT2D eigenvalue weighted by Gasteiger charge is -2.52. The van der Waals surface area contributed by atoms with Crippen LogP contribution in [-0.2, 0) is 29.0 Å². The first-order valence-corrected chi connectivity index (χ1v) is 16.4. The summed E-state index contributed by atoms with van der Waals surface area (Å²) < 4.78 is 84.5. The molecule has 1 aliphatic carbocycles. The third-order valence-corrected chi connectivity index (χ3v) is 9.71. The van der Waals surface area contributed by atoms with Gasteiger partial charge in [-0.1, -0.05) is 51.5 Å². The van der Waals surface area contributed by atoms with E-state index in [0.29, 0.717) is 57.1 Å². The topological polar surface area (TPSA) is 65.8 Å². The monoisotopic (exact) mass is 655 g/mol. The van der Waals surface area contributed by atoms with E-state index in [2.05, 4.69) is 17.1 Å². The van der Waals surface area contributed by atoms with Crippen LogP contribution in [0.3, 0.4) is 0 Å². The molecule has 5 rings (SSSR count). The number of halogens is 6. The van der Waals surface area contributed by atoms with Crippen molar-refractivity contribution in [2.75, 3.05) is 19.6 Å². The van der Waals surface area contributed by atoms with Crippen molar-refractivity contribution in [3.05, 3.63) is 47.2 Å². The number of piperidine rings is 1. The van der Waals surface area contributed by atoms with E-state index in [1.807, 2.05) is 4.90 Å². The van der Waals surface area contributed by atoms with Crippen molar-refractivity contribution >= 4 is 11.8 Å². The van der Waals surface area contributed by atoms with Crippen LogP contribution >= 0.6 is 0 Å². The highest BCUT2D eigenvalue weighted by Crippen LogP contribution is 2.37. The average Bonchev–Trinajstić information content (AvgIpc) is 3.44. The van der Waals surface area contributed by atoms with Gasteiger partial charge in [-0.05, 0) is 67.0 Å². The van der Waals surface area contributed by atoms with Crippen LogP contribution in [0.25, 0.3) is 11.3 Å². The Labute approximate surface area is 265 Å². The van der Waals surface area contributed by atoms with Gasteiger partial charge in [0, 0.05) is 25.2 Å². The predicted octanol–water partition coefficient (Wildman–Crippen LogP) is 7.59. The Bertz CT molecular complexity index is 1320. The fourth-order valence-electron chi connectivity index (χ4n) is 7.42. The molecular formula is C34H43F6N3O3. The highest BCUT2D eigenvalue weighted by Gasteiger charge is 2.53. The number of benzene rings is 1. The second-order valence-electron chi connectivity index (χ2n) is 13.3. The summed E-state index contributed by atoms with van der Waals surface area (Å²) in [5.74, 6) is 1.07. The van der Waals surface area contributed by atoms with E-state index in [9.17, 15) is 35.9 Å². The number of unbranched alkanes of at least 4 members (excludes halogenated alkanes) is 1. The minimum Gasteiger partial charge on any atom is -0.460 e. The molecule has 3 heterocycles. The SMILES string of the molecule is CCCCN1C(=O)C(CC2CCCCC2)NC(=O)C12CCN(Cc1ccc(-c3cc(CC(F)(F)F)cc(CC(F)(F)F)c3)o1)CC2. The van der Waals surface area contributed by atoms with Crippen molar-refractivity contribution < 1.29 is 40.3 Å². The minimum atomic E-state index is -4.57. The lowest BCUT2D eigenvalue weighted by molar-refractivity contribution is -0.162. The number of alkyl halides is 6. The number of likely N-dealkylation sites (tertiary alicyclic amines) is 1. The second kappa shape index (κ2) is 14.0. The fourth-order valence-corrected chi connectivity index (χ4v) is 7.42. The van der Waals surface area contributed by atoms with E-state index < -0.39 is 36.8 Å². The summed E-state index contributed by atoms with van der Waals surface area (Å²) in [6.07, 6.45) is -2.78. The Morgan fingerprint density at radius 2 is 1.54 bits per heavy atom. The molecule has 1 atom stereocenters. The fraction of sp³-hybridized carbons (Fsp3) is 0.647. The van der Waals surface area contributed by atoms with Gasteiger partial charge in [-0.2, -0.15) is 26.3 Å². The molecule has 3 aliphatic rings. The molecular weight excluding hydrogens is 612 g/mol. The molecule has 254 valence electrons. The Morgan fingerprint density at radius 1 is 0.913 bits per heavy atom. The van der Waals surface area contributed by atoms with Crippen LogP contribution in [0.4, 0.5) is 26.3 Å².